The molecule has 1 heterocycles. The number of benzene rings is 1. The lowest BCUT2D eigenvalue weighted by atomic mass is 10.0. The topological polar surface area (TPSA) is 51.6 Å². The molecule has 0 fully saturated rings. The van der Waals surface area contributed by atoms with Crippen molar-refractivity contribution in [3.8, 4) is 11.5 Å². The van der Waals surface area contributed by atoms with Crippen LogP contribution in [0.15, 0.2) is 42.7 Å². The third-order valence-electron chi connectivity index (χ3n) is 3.16. The molecule has 1 aromatic carbocycles. The Kier molecular flexibility index (Phi) is 5.58. The van der Waals surface area contributed by atoms with Gasteiger partial charge in [0.25, 0.3) is 0 Å². The van der Waals surface area contributed by atoms with Crippen molar-refractivity contribution in [2.45, 2.75) is 25.9 Å². The summed E-state index contributed by atoms with van der Waals surface area (Å²) in [6.45, 7) is 2.70. The molecule has 0 spiro atoms. The molecule has 0 amide bonds. The minimum atomic E-state index is -0.616. The number of aliphatic hydroxyl groups excluding tert-OH is 1. The normalized spacial score (nSPS) is 12.0. The number of aliphatic hydroxyl groups is 1. The first kappa shape index (κ1) is 15.3. The predicted octanol–water partition coefficient (Wildman–Crippen LogP) is 3.16. The van der Waals surface area contributed by atoms with Crippen LogP contribution in [0.2, 0.25) is 0 Å². The van der Waals surface area contributed by atoms with Gasteiger partial charge in [-0.1, -0.05) is 19.1 Å². The molecule has 0 saturated heterocycles. The lowest BCUT2D eigenvalue weighted by Crippen LogP contribution is -2.04. The largest absolute Gasteiger partial charge is 0.497 e. The fraction of sp³-hybridized carbons (Fsp3) is 0.353. The van der Waals surface area contributed by atoms with Gasteiger partial charge in [-0.25, -0.2) is 0 Å². The molecule has 1 aromatic heterocycles. The smallest absolute Gasteiger partial charge is 0.137 e. The maximum atomic E-state index is 10.4. The molecule has 0 saturated carbocycles. The van der Waals surface area contributed by atoms with Crippen LogP contribution >= 0.6 is 0 Å². The van der Waals surface area contributed by atoms with Gasteiger partial charge in [0.2, 0.25) is 0 Å². The molecule has 1 atom stereocenters. The second-order valence-corrected chi connectivity index (χ2v) is 4.87. The molecule has 112 valence electrons. The Balaban J connectivity index is 2.06. The molecular formula is C17H21NO3. The summed E-state index contributed by atoms with van der Waals surface area (Å²) in [5.41, 5.74) is 1.77. The summed E-state index contributed by atoms with van der Waals surface area (Å²) in [6, 6.07) is 9.54. The maximum Gasteiger partial charge on any atom is 0.137 e. The zero-order valence-electron chi connectivity index (χ0n) is 12.5. The molecule has 1 unspecified atom stereocenters. The molecule has 21 heavy (non-hydrogen) atoms. The summed E-state index contributed by atoms with van der Waals surface area (Å²) < 4.78 is 10.7. The Morgan fingerprint density at radius 2 is 2.05 bits per heavy atom. The molecule has 2 aromatic rings. The Hall–Kier alpha value is -2.07. The summed E-state index contributed by atoms with van der Waals surface area (Å²) in [5.74, 6) is 1.48. The van der Waals surface area contributed by atoms with E-state index in [1.807, 2.05) is 30.3 Å². The van der Waals surface area contributed by atoms with E-state index >= 15 is 0 Å². The van der Waals surface area contributed by atoms with Gasteiger partial charge in [0.1, 0.15) is 11.5 Å². The minimum Gasteiger partial charge on any atom is -0.497 e. The van der Waals surface area contributed by atoms with Gasteiger partial charge in [0, 0.05) is 18.2 Å². The first-order chi connectivity index (χ1) is 10.2. The van der Waals surface area contributed by atoms with Crippen molar-refractivity contribution in [2.24, 2.45) is 0 Å². The predicted molar refractivity (Wildman–Crippen MR) is 81.7 cm³/mol. The van der Waals surface area contributed by atoms with E-state index in [9.17, 15) is 5.11 Å². The van der Waals surface area contributed by atoms with E-state index in [0.717, 1.165) is 23.3 Å². The Morgan fingerprint density at radius 3 is 2.81 bits per heavy atom. The first-order valence-corrected chi connectivity index (χ1v) is 7.11. The lowest BCUT2D eigenvalue weighted by molar-refractivity contribution is 0.177. The third kappa shape index (κ3) is 4.46. The van der Waals surface area contributed by atoms with E-state index in [0.29, 0.717) is 18.8 Å². The molecule has 0 aliphatic heterocycles. The zero-order chi connectivity index (χ0) is 15.1. The highest BCUT2D eigenvalue weighted by molar-refractivity contribution is 5.31. The Morgan fingerprint density at radius 1 is 1.19 bits per heavy atom. The van der Waals surface area contributed by atoms with Crippen molar-refractivity contribution in [1.29, 1.82) is 0 Å². The van der Waals surface area contributed by atoms with Gasteiger partial charge in [-0.2, -0.15) is 0 Å². The van der Waals surface area contributed by atoms with Crippen LogP contribution in [-0.4, -0.2) is 23.8 Å². The molecule has 2 rings (SSSR count). The highest BCUT2D eigenvalue weighted by atomic mass is 16.5. The SMILES string of the molecule is CCCOc1cncc(C(O)Cc2cccc(OC)c2)c1. The van der Waals surface area contributed by atoms with E-state index < -0.39 is 6.10 Å². The van der Waals surface area contributed by atoms with Crippen molar-refractivity contribution < 1.29 is 14.6 Å². The third-order valence-corrected chi connectivity index (χ3v) is 3.16. The average molecular weight is 287 g/mol. The number of nitrogens with zero attached hydrogens (tertiary/aromatic N) is 1. The average Bonchev–Trinajstić information content (AvgIpc) is 2.53. The second kappa shape index (κ2) is 7.64. The van der Waals surface area contributed by atoms with Crippen LogP contribution in [0.5, 0.6) is 11.5 Å². The number of methoxy groups -OCH3 is 1. The van der Waals surface area contributed by atoms with E-state index in [-0.39, 0.29) is 0 Å². The van der Waals surface area contributed by atoms with Crippen LogP contribution in [0.3, 0.4) is 0 Å². The second-order valence-electron chi connectivity index (χ2n) is 4.87. The van der Waals surface area contributed by atoms with E-state index in [1.54, 1.807) is 19.5 Å². The van der Waals surface area contributed by atoms with E-state index in [2.05, 4.69) is 11.9 Å². The van der Waals surface area contributed by atoms with Gasteiger partial charge < -0.3 is 14.6 Å². The monoisotopic (exact) mass is 287 g/mol. The fourth-order valence-corrected chi connectivity index (χ4v) is 2.06. The molecular weight excluding hydrogens is 266 g/mol. The van der Waals surface area contributed by atoms with E-state index in [4.69, 9.17) is 9.47 Å². The van der Waals surface area contributed by atoms with Crippen molar-refractivity contribution in [2.75, 3.05) is 13.7 Å². The standard InChI is InChI=1S/C17H21NO3/c1-3-7-21-16-10-14(11-18-12-16)17(19)9-13-5-4-6-15(8-13)20-2/h4-6,8,10-12,17,19H,3,7,9H2,1-2H3. The summed E-state index contributed by atoms with van der Waals surface area (Å²) in [7, 11) is 1.63. The van der Waals surface area contributed by atoms with Crippen molar-refractivity contribution in [3.05, 3.63) is 53.9 Å². The van der Waals surface area contributed by atoms with Crippen LogP contribution in [-0.2, 0) is 6.42 Å². The summed E-state index contributed by atoms with van der Waals surface area (Å²) in [4.78, 5) is 4.12. The number of aromatic nitrogens is 1. The first-order valence-electron chi connectivity index (χ1n) is 7.11. The van der Waals surface area contributed by atoms with E-state index in [1.165, 1.54) is 0 Å². The lowest BCUT2D eigenvalue weighted by Gasteiger charge is -2.13. The molecule has 0 radical (unpaired) electrons. The van der Waals surface area contributed by atoms with Crippen molar-refractivity contribution >= 4 is 0 Å². The van der Waals surface area contributed by atoms with Crippen LogP contribution in [0.25, 0.3) is 0 Å². The van der Waals surface area contributed by atoms with Gasteiger partial charge in [-0.15, -0.1) is 0 Å². The number of ether oxygens (including phenoxy) is 2. The number of pyridine rings is 1. The summed E-state index contributed by atoms with van der Waals surface area (Å²) >= 11 is 0. The Bertz CT molecular complexity index is 571. The van der Waals surface area contributed by atoms with Gasteiger partial charge in [-0.3, -0.25) is 4.98 Å². The molecule has 4 heteroatoms. The summed E-state index contributed by atoms with van der Waals surface area (Å²) in [5, 5.41) is 10.4. The highest BCUT2D eigenvalue weighted by Crippen LogP contribution is 2.23. The summed E-state index contributed by atoms with van der Waals surface area (Å²) in [6.07, 6.45) is 4.17. The molecule has 0 aliphatic rings. The van der Waals surface area contributed by atoms with Crippen LogP contribution in [0.1, 0.15) is 30.6 Å². The molecule has 0 aliphatic carbocycles. The number of rotatable bonds is 7. The van der Waals surface area contributed by atoms with Crippen LogP contribution < -0.4 is 9.47 Å². The van der Waals surface area contributed by atoms with Gasteiger partial charge in [-0.05, 0) is 30.2 Å². The molecule has 0 bridgehead atoms. The van der Waals surface area contributed by atoms with Gasteiger partial charge in [0.05, 0.1) is 26.0 Å². The molecule has 1 N–H and O–H groups in total. The Labute approximate surface area is 125 Å². The highest BCUT2D eigenvalue weighted by Gasteiger charge is 2.11. The van der Waals surface area contributed by atoms with Crippen LogP contribution in [0, 0.1) is 0 Å². The maximum absolute atomic E-state index is 10.4. The van der Waals surface area contributed by atoms with Crippen LogP contribution in [0.4, 0.5) is 0 Å². The zero-order valence-corrected chi connectivity index (χ0v) is 12.5. The fourth-order valence-electron chi connectivity index (χ4n) is 2.06. The van der Waals surface area contributed by atoms with Gasteiger partial charge >= 0.3 is 0 Å². The van der Waals surface area contributed by atoms with Crippen molar-refractivity contribution in [3.63, 3.8) is 0 Å². The van der Waals surface area contributed by atoms with Gasteiger partial charge in [0.15, 0.2) is 0 Å². The quantitative estimate of drug-likeness (QED) is 0.850. The number of hydrogen-bond donors (Lipinski definition) is 1. The molecule has 4 nitrogen and oxygen atoms in total. The van der Waals surface area contributed by atoms with Crippen molar-refractivity contribution in [1.82, 2.24) is 4.98 Å². The minimum absolute atomic E-state index is 0.510. The number of hydrogen-bond acceptors (Lipinski definition) is 4.